The first kappa shape index (κ1) is 17.4. The van der Waals surface area contributed by atoms with Crippen molar-refractivity contribution in [3.8, 4) is 0 Å². The summed E-state index contributed by atoms with van der Waals surface area (Å²) in [5.41, 5.74) is 2.50. The lowest BCUT2D eigenvalue weighted by Crippen LogP contribution is -2.44. The Morgan fingerprint density at radius 1 is 1.38 bits per heavy atom. The molecule has 2 fully saturated rings. The summed E-state index contributed by atoms with van der Waals surface area (Å²) < 4.78 is 7.90. The van der Waals surface area contributed by atoms with Crippen LogP contribution in [0, 0.1) is 12.8 Å². The van der Waals surface area contributed by atoms with Crippen molar-refractivity contribution in [1.29, 1.82) is 0 Å². The van der Waals surface area contributed by atoms with E-state index in [0.717, 1.165) is 45.8 Å². The van der Waals surface area contributed by atoms with Gasteiger partial charge < -0.3 is 9.84 Å². The molecule has 0 saturated carbocycles. The van der Waals surface area contributed by atoms with Crippen LogP contribution in [0.25, 0.3) is 0 Å². The summed E-state index contributed by atoms with van der Waals surface area (Å²) in [6.45, 7) is 10.1. The third-order valence-electron chi connectivity index (χ3n) is 5.03. The number of nitrogens with zero attached hydrogens (tertiary/aromatic N) is 4. The van der Waals surface area contributed by atoms with Crippen LogP contribution in [-0.2, 0) is 22.6 Å². The molecule has 0 aromatic carbocycles. The van der Waals surface area contributed by atoms with Gasteiger partial charge in [-0.1, -0.05) is 6.92 Å². The van der Waals surface area contributed by atoms with Crippen LogP contribution < -0.4 is 0 Å². The SMILES string of the molecule is CCCn1ncc(CN2C[C@H]3COC[C@@H]2CN(CC(=O)O)C3)c1C. The Balaban J connectivity index is 1.72. The van der Waals surface area contributed by atoms with Gasteiger partial charge in [-0.3, -0.25) is 19.3 Å². The van der Waals surface area contributed by atoms with Gasteiger partial charge in [-0.2, -0.15) is 5.10 Å². The molecule has 2 atom stereocenters. The summed E-state index contributed by atoms with van der Waals surface area (Å²) in [4.78, 5) is 15.6. The van der Waals surface area contributed by atoms with Gasteiger partial charge in [-0.15, -0.1) is 0 Å². The summed E-state index contributed by atoms with van der Waals surface area (Å²) in [6.07, 6.45) is 3.06. The van der Waals surface area contributed by atoms with Crippen LogP contribution in [-0.4, -0.2) is 76.1 Å². The first-order chi connectivity index (χ1) is 11.6. The van der Waals surface area contributed by atoms with Gasteiger partial charge in [-0.25, -0.2) is 0 Å². The predicted octanol–water partition coefficient (Wildman–Crippen LogP) is 0.819. The van der Waals surface area contributed by atoms with Crippen LogP contribution in [0.2, 0.25) is 0 Å². The molecule has 1 aromatic heterocycles. The van der Waals surface area contributed by atoms with E-state index in [4.69, 9.17) is 9.84 Å². The van der Waals surface area contributed by atoms with Gasteiger partial charge in [0.2, 0.25) is 0 Å². The van der Waals surface area contributed by atoms with Crippen LogP contribution in [0.4, 0.5) is 0 Å². The van der Waals surface area contributed by atoms with E-state index < -0.39 is 5.97 Å². The van der Waals surface area contributed by atoms with Gasteiger partial charge in [0.05, 0.1) is 26.0 Å². The smallest absolute Gasteiger partial charge is 0.317 e. The lowest BCUT2D eigenvalue weighted by Gasteiger charge is -2.30. The zero-order valence-corrected chi connectivity index (χ0v) is 14.6. The molecule has 7 heteroatoms. The number of aliphatic carboxylic acids is 1. The lowest BCUT2D eigenvalue weighted by atomic mass is 10.1. The molecule has 2 aliphatic heterocycles. The third-order valence-corrected chi connectivity index (χ3v) is 5.03. The number of carbonyl (C=O) groups is 1. The molecule has 1 aromatic rings. The van der Waals surface area contributed by atoms with Crippen molar-refractivity contribution < 1.29 is 14.6 Å². The Labute approximate surface area is 143 Å². The van der Waals surface area contributed by atoms with Crippen molar-refractivity contribution in [3.63, 3.8) is 0 Å². The molecule has 1 N–H and O–H groups in total. The number of hydrogen-bond acceptors (Lipinski definition) is 5. The highest BCUT2D eigenvalue weighted by atomic mass is 16.5. The van der Waals surface area contributed by atoms with Gasteiger partial charge in [0.1, 0.15) is 0 Å². The van der Waals surface area contributed by atoms with E-state index in [0.29, 0.717) is 12.5 Å². The lowest BCUT2D eigenvalue weighted by molar-refractivity contribution is -0.138. The zero-order chi connectivity index (χ0) is 17.1. The summed E-state index contributed by atoms with van der Waals surface area (Å²) in [7, 11) is 0. The Bertz CT molecular complexity index is 574. The van der Waals surface area contributed by atoms with Gasteiger partial charge in [0.25, 0.3) is 0 Å². The summed E-state index contributed by atoms with van der Waals surface area (Å²) in [5.74, 6) is -0.387. The molecule has 0 radical (unpaired) electrons. The maximum atomic E-state index is 11.1. The number of aromatic nitrogens is 2. The highest BCUT2D eigenvalue weighted by Gasteiger charge is 2.34. The minimum atomic E-state index is -0.751. The molecule has 134 valence electrons. The standard InChI is InChI=1S/C17H28N4O3/c1-3-4-21-13(2)15(5-18-21)8-20-7-14-6-19(10-17(22)23)9-16(20)12-24-11-14/h5,14,16H,3-4,6-12H2,1-2H3,(H,22,23)/t14-,16-/m0/s1. The van der Waals surface area contributed by atoms with E-state index in [1.807, 2.05) is 6.20 Å². The average molecular weight is 336 g/mol. The number of rotatable bonds is 6. The monoisotopic (exact) mass is 336 g/mol. The maximum Gasteiger partial charge on any atom is 0.317 e. The molecular weight excluding hydrogens is 308 g/mol. The topological polar surface area (TPSA) is 70.8 Å². The van der Waals surface area contributed by atoms with Crippen LogP contribution in [0.15, 0.2) is 6.20 Å². The Kier molecular flexibility index (Phi) is 5.53. The highest BCUT2D eigenvalue weighted by Crippen LogP contribution is 2.22. The highest BCUT2D eigenvalue weighted by molar-refractivity contribution is 5.69. The van der Waals surface area contributed by atoms with Gasteiger partial charge >= 0.3 is 5.97 Å². The number of hydrogen-bond donors (Lipinski definition) is 1. The summed E-state index contributed by atoms with van der Waals surface area (Å²) in [5, 5.41) is 13.6. The van der Waals surface area contributed by atoms with Crippen LogP contribution in [0.3, 0.4) is 0 Å². The fourth-order valence-corrected chi connectivity index (χ4v) is 3.84. The second kappa shape index (κ2) is 7.63. The summed E-state index contributed by atoms with van der Waals surface area (Å²) in [6, 6.07) is 0.241. The Hall–Kier alpha value is -1.44. The third kappa shape index (κ3) is 3.96. The average Bonchev–Trinajstić information content (AvgIpc) is 2.68. The van der Waals surface area contributed by atoms with Crippen LogP contribution >= 0.6 is 0 Å². The Morgan fingerprint density at radius 3 is 2.96 bits per heavy atom. The molecule has 0 spiro atoms. The maximum absolute atomic E-state index is 11.1. The van der Waals surface area contributed by atoms with Crippen molar-refractivity contribution in [3.05, 3.63) is 17.5 Å². The van der Waals surface area contributed by atoms with Crippen molar-refractivity contribution in [2.75, 3.05) is 39.4 Å². The molecule has 0 amide bonds. The molecule has 0 unspecified atom stereocenters. The fourth-order valence-electron chi connectivity index (χ4n) is 3.84. The minimum absolute atomic E-state index is 0.119. The number of ether oxygens (including phenoxy) is 1. The molecule has 3 rings (SSSR count). The predicted molar refractivity (Wildman–Crippen MR) is 89.8 cm³/mol. The summed E-state index contributed by atoms with van der Waals surface area (Å²) >= 11 is 0. The van der Waals surface area contributed by atoms with Crippen LogP contribution in [0.5, 0.6) is 0 Å². The number of aryl methyl sites for hydroxylation is 1. The van der Waals surface area contributed by atoms with E-state index >= 15 is 0 Å². The van der Waals surface area contributed by atoms with Crippen molar-refractivity contribution in [1.82, 2.24) is 19.6 Å². The molecule has 0 aliphatic carbocycles. The normalized spacial score (nSPS) is 25.6. The quantitative estimate of drug-likeness (QED) is 0.829. The first-order valence-electron chi connectivity index (χ1n) is 8.84. The molecule has 24 heavy (non-hydrogen) atoms. The molecule has 2 aliphatic rings. The molecule has 7 nitrogen and oxygen atoms in total. The minimum Gasteiger partial charge on any atom is -0.480 e. The van der Waals surface area contributed by atoms with Gasteiger partial charge in [-0.05, 0) is 13.3 Å². The largest absolute Gasteiger partial charge is 0.480 e. The number of carboxylic acids is 1. The van der Waals surface area contributed by atoms with E-state index in [2.05, 4.69) is 33.4 Å². The van der Waals surface area contributed by atoms with Crippen LogP contribution in [0.1, 0.15) is 24.6 Å². The van der Waals surface area contributed by atoms with Crippen molar-refractivity contribution >= 4 is 5.97 Å². The molecule has 3 heterocycles. The number of fused-ring (bicyclic) bond motifs is 3. The van der Waals surface area contributed by atoms with Gasteiger partial charge in [0, 0.05) is 55.9 Å². The van der Waals surface area contributed by atoms with E-state index in [9.17, 15) is 4.79 Å². The van der Waals surface area contributed by atoms with Crippen molar-refractivity contribution in [2.24, 2.45) is 5.92 Å². The first-order valence-corrected chi connectivity index (χ1v) is 8.84. The van der Waals surface area contributed by atoms with E-state index in [1.54, 1.807) is 0 Å². The molecule has 2 saturated heterocycles. The number of carboxylic acid groups (broad SMARTS) is 1. The molecular formula is C17H28N4O3. The molecule has 2 bridgehead atoms. The zero-order valence-electron chi connectivity index (χ0n) is 14.6. The second-order valence-corrected chi connectivity index (χ2v) is 7.05. The van der Waals surface area contributed by atoms with Gasteiger partial charge in [0.15, 0.2) is 0 Å². The fraction of sp³-hybridized carbons (Fsp3) is 0.765. The van der Waals surface area contributed by atoms with Crippen molar-refractivity contribution in [2.45, 2.75) is 39.4 Å². The van der Waals surface area contributed by atoms with E-state index in [1.165, 1.54) is 11.3 Å². The second-order valence-electron chi connectivity index (χ2n) is 7.05. The van der Waals surface area contributed by atoms with E-state index in [-0.39, 0.29) is 12.6 Å². The Morgan fingerprint density at radius 2 is 2.21 bits per heavy atom.